The maximum Gasteiger partial charge on any atom is 0.0480 e. The van der Waals surface area contributed by atoms with Crippen LogP contribution in [-0.2, 0) is 11.2 Å². The van der Waals surface area contributed by atoms with Gasteiger partial charge in [-0.2, -0.15) is 0 Å². The molecule has 0 saturated carbocycles. The van der Waals surface area contributed by atoms with Crippen LogP contribution in [0.2, 0.25) is 0 Å². The third-order valence-electron chi connectivity index (χ3n) is 3.07. The van der Waals surface area contributed by atoms with E-state index < -0.39 is 0 Å². The van der Waals surface area contributed by atoms with Crippen molar-refractivity contribution in [3.63, 3.8) is 0 Å². The van der Waals surface area contributed by atoms with Crippen LogP contribution in [0.3, 0.4) is 0 Å². The summed E-state index contributed by atoms with van der Waals surface area (Å²) in [5, 5.41) is 3.62. The molecule has 3 heteroatoms. The van der Waals surface area contributed by atoms with Crippen molar-refractivity contribution in [3.8, 4) is 0 Å². The Labute approximate surface area is 126 Å². The molecule has 1 rings (SSSR count). The van der Waals surface area contributed by atoms with E-state index in [1.807, 2.05) is 0 Å². The maximum absolute atomic E-state index is 5.61. The van der Waals surface area contributed by atoms with Crippen molar-refractivity contribution < 1.29 is 4.74 Å². The lowest BCUT2D eigenvalue weighted by molar-refractivity contribution is 0.124. The van der Waals surface area contributed by atoms with Crippen LogP contribution in [0.1, 0.15) is 38.7 Å². The second kappa shape index (κ2) is 10.4. The van der Waals surface area contributed by atoms with Gasteiger partial charge in [-0.1, -0.05) is 48.0 Å². The van der Waals surface area contributed by atoms with Crippen molar-refractivity contribution in [1.82, 2.24) is 5.32 Å². The van der Waals surface area contributed by atoms with Crippen molar-refractivity contribution >= 4 is 15.9 Å². The summed E-state index contributed by atoms with van der Waals surface area (Å²) >= 11 is 3.63. The summed E-state index contributed by atoms with van der Waals surface area (Å²) in [5.41, 5.74) is 1.37. The van der Waals surface area contributed by atoms with E-state index in [0.717, 1.165) is 39.0 Å². The highest BCUT2D eigenvalue weighted by Crippen LogP contribution is 2.18. The first-order chi connectivity index (χ1) is 9.27. The van der Waals surface area contributed by atoms with Gasteiger partial charge >= 0.3 is 0 Å². The highest BCUT2D eigenvalue weighted by atomic mass is 79.9. The Morgan fingerprint density at radius 1 is 1.16 bits per heavy atom. The second-order valence-corrected chi connectivity index (χ2v) is 5.70. The van der Waals surface area contributed by atoms with Crippen molar-refractivity contribution in [2.45, 2.75) is 45.6 Å². The monoisotopic (exact) mass is 327 g/mol. The Morgan fingerprint density at radius 2 is 1.95 bits per heavy atom. The van der Waals surface area contributed by atoms with E-state index in [9.17, 15) is 0 Å². The van der Waals surface area contributed by atoms with Crippen LogP contribution in [0.25, 0.3) is 0 Å². The predicted octanol–water partition coefficient (Wildman–Crippen LogP) is 4.18. The molecule has 19 heavy (non-hydrogen) atoms. The van der Waals surface area contributed by atoms with Crippen LogP contribution in [0, 0.1) is 0 Å². The van der Waals surface area contributed by atoms with Gasteiger partial charge in [0.25, 0.3) is 0 Å². The van der Waals surface area contributed by atoms with Crippen molar-refractivity contribution in [2.24, 2.45) is 0 Å². The minimum atomic E-state index is 0.496. The fraction of sp³-hybridized carbons (Fsp3) is 0.625. The number of hydrogen-bond donors (Lipinski definition) is 1. The molecule has 0 aliphatic heterocycles. The molecule has 0 radical (unpaired) electrons. The Bertz CT molecular complexity index is 343. The molecular formula is C16H26BrNO. The first kappa shape index (κ1) is 16.7. The number of halogens is 1. The zero-order chi connectivity index (χ0) is 13.9. The third kappa shape index (κ3) is 7.09. The molecule has 0 spiro atoms. The summed E-state index contributed by atoms with van der Waals surface area (Å²) < 4.78 is 6.81. The summed E-state index contributed by atoms with van der Waals surface area (Å²) in [6.07, 6.45) is 4.39. The first-order valence-corrected chi connectivity index (χ1v) is 8.11. The average Bonchev–Trinajstić information content (AvgIpc) is 2.43. The van der Waals surface area contributed by atoms with E-state index in [4.69, 9.17) is 4.74 Å². The van der Waals surface area contributed by atoms with E-state index in [-0.39, 0.29) is 0 Å². The number of nitrogens with one attached hydrogen (secondary N) is 1. The molecular weight excluding hydrogens is 302 g/mol. The quantitative estimate of drug-likeness (QED) is 0.651. The molecule has 0 aromatic heterocycles. The Morgan fingerprint density at radius 3 is 2.63 bits per heavy atom. The second-order valence-electron chi connectivity index (χ2n) is 4.85. The predicted molar refractivity (Wildman–Crippen MR) is 85.7 cm³/mol. The molecule has 1 atom stereocenters. The molecule has 2 nitrogen and oxygen atoms in total. The molecule has 0 heterocycles. The van der Waals surface area contributed by atoms with Crippen LogP contribution < -0.4 is 5.32 Å². The third-order valence-corrected chi connectivity index (χ3v) is 3.84. The smallest absolute Gasteiger partial charge is 0.0480 e. The van der Waals surface area contributed by atoms with Crippen LogP contribution >= 0.6 is 15.9 Å². The van der Waals surface area contributed by atoms with Crippen molar-refractivity contribution in [1.29, 1.82) is 0 Å². The highest BCUT2D eigenvalue weighted by Gasteiger charge is 2.10. The van der Waals surface area contributed by atoms with E-state index >= 15 is 0 Å². The lowest BCUT2D eigenvalue weighted by Gasteiger charge is -2.19. The van der Waals surface area contributed by atoms with Crippen LogP contribution in [-0.4, -0.2) is 25.8 Å². The minimum absolute atomic E-state index is 0.496. The van der Waals surface area contributed by atoms with Crippen molar-refractivity contribution in [2.75, 3.05) is 19.8 Å². The van der Waals surface area contributed by atoms with Gasteiger partial charge in [-0.15, -0.1) is 0 Å². The Kier molecular flexibility index (Phi) is 9.14. The maximum atomic E-state index is 5.61. The molecule has 108 valence electrons. The van der Waals surface area contributed by atoms with E-state index in [1.165, 1.54) is 16.5 Å². The van der Waals surface area contributed by atoms with Gasteiger partial charge in [0.1, 0.15) is 0 Å². The molecule has 1 unspecified atom stereocenters. The molecule has 1 aromatic rings. The number of benzene rings is 1. The van der Waals surface area contributed by atoms with Gasteiger partial charge in [0.15, 0.2) is 0 Å². The van der Waals surface area contributed by atoms with Gasteiger partial charge in [-0.25, -0.2) is 0 Å². The van der Waals surface area contributed by atoms with Crippen LogP contribution in [0.5, 0.6) is 0 Å². The summed E-state index contributed by atoms with van der Waals surface area (Å²) in [4.78, 5) is 0. The molecule has 0 fully saturated rings. The number of hydrogen-bond acceptors (Lipinski definition) is 2. The van der Waals surface area contributed by atoms with E-state index in [2.05, 4.69) is 59.4 Å². The van der Waals surface area contributed by atoms with Gasteiger partial charge in [-0.05, 0) is 43.9 Å². The summed E-state index contributed by atoms with van der Waals surface area (Å²) in [6, 6.07) is 8.96. The molecule has 0 aliphatic rings. The fourth-order valence-corrected chi connectivity index (χ4v) is 2.47. The summed E-state index contributed by atoms with van der Waals surface area (Å²) in [7, 11) is 0. The van der Waals surface area contributed by atoms with E-state index in [1.54, 1.807) is 0 Å². The minimum Gasteiger partial charge on any atom is -0.381 e. The van der Waals surface area contributed by atoms with Gasteiger partial charge < -0.3 is 10.1 Å². The molecule has 0 aliphatic carbocycles. The fourth-order valence-electron chi connectivity index (χ4n) is 2.03. The van der Waals surface area contributed by atoms with Crippen LogP contribution in [0.4, 0.5) is 0 Å². The largest absolute Gasteiger partial charge is 0.381 e. The highest BCUT2D eigenvalue weighted by molar-refractivity contribution is 9.10. The standard InChI is InChI=1S/C16H26BrNO/c1-3-10-18-15(9-12-19-11-4-2)13-14-7-5-6-8-16(14)17/h5-8,15,18H,3-4,9-13H2,1-2H3. The summed E-state index contributed by atoms with van der Waals surface area (Å²) in [6.45, 7) is 7.14. The molecule has 0 bridgehead atoms. The zero-order valence-corrected chi connectivity index (χ0v) is 13.7. The summed E-state index contributed by atoms with van der Waals surface area (Å²) in [5.74, 6) is 0. The number of rotatable bonds is 10. The molecule has 0 saturated heterocycles. The molecule has 0 amide bonds. The van der Waals surface area contributed by atoms with Gasteiger partial charge in [0.2, 0.25) is 0 Å². The molecule has 1 N–H and O–H groups in total. The van der Waals surface area contributed by atoms with Gasteiger partial charge in [0, 0.05) is 23.7 Å². The van der Waals surface area contributed by atoms with Gasteiger partial charge in [0.05, 0.1) is 0 Å². The zero-order valence-electron chi connectivity index (χ0n) is 12.1. The van der Waals surface area contributed by atoms with Crippen molar-refractivity contribution in [3.05, 3.63) is 34.3 Å². The lowest BCUT2D eigenvalue weighted by atomic mass is 10.0. The SMILES string of the molecule is CCCNC(CCOCCC)Cc1ccccc1Br. The Hall–Kier alpha value is -0.380. The lowest BCUT2D eigenvalue weighted by Crippen LogP contribution is -2.33. The van der Waals surface area contributed by atoms with Crippen LogP contribution in [0.15, 0.2) is 28.7 Å². The molecule has 1 aromatic carbocycles. The number of ether oxygens (including phenoxy) is 1. The Balaban J connectivity index is 2.46. The van der Waals surface area contributed by atoms with Gasteiger partial charge in [-0.3, -0.25) is 0 Å². The van der Waals surface area contributed by atoms with E-state index in [0.29, 0.717) is 6.04 Å². The average molecular weight is 328 g/mol. The normalized spacial score (nSPS) is 12.6. The first-order valence-electron chi connectivity index (χ1n) is 7.32. The topological polar surface area (TPSA) is 21.3 Å².